The minimum absolute atomic E-state index is 0.164. The lowest BCUT2D eigenvalue weighted by Gasteiger charge is -2.19. The third kappa shape index (κ3) is 4.26. The molecule has 0 bridgehead atoms. The highest BCUT2D eigenvalue weighted by molar-refractivity contribution is 5.76. The molecule has 0 aliphatic rings. The van der Waals surface area contributed by atoms with Gasteiger partial charge in [0.25, 0.3) is 0 Å². The molecule has 19 heavy (non-hydrogen) atoms. The maximum atomic E-state index is 11.6. The van der Waals surface area contributed by atoms with Gasteiger partial charge in [0.1, 0.15) is 11.7 Å². The number of hydrogen-bond donors (Lipinski definition) is 1. The first kappa shape index (κ1) is 15.0. The molecule has 0 saturated carbocycles. The standard InChI is InChI=1S/C15H18O4/c1-11(18-2)14(15(17)19-3)13(16)10-9-12-7-5-4-6-8-12/h4-10,13-14,16H,1H2,2-3H3/b10-9+/t13-,14+/m1/s1. The summed E-state index contributed by atoms with van der Waals surface area (Å²) in [6.45, 7) is 3.60. The number of rotatable bonds is 6. The molecule has 0 fully saturated rings. The maximum absolute atomic E-state index is 11.6. The van der Waals surface area contributed by atoms with E-state index in [-0.39, 0.29) is 5.76 Å². The molecular formula is C15H18O4. The summed E-state index contributed by atoms with van der Waals surface area (Å²) in [5, 5.41) is 10.0. The molecule has 0 aromatic heterocycles. The van der Waals surface area contributed by atoms with Crippen LogP contribution in [0.1, 0.15) is 5.56 Å². The van der Waals surface area contributed by atoms with Gasteiger partial charge in [0.05, 0.1) is 20.3 Å². The van der Waals surface area contributed by atoms with Crippen LogP contribution in [0.15, 0.2) is 48.7 Å². The molecule has 0 aliphatic carbocycles. The fourth-order valence-electron chi connectivity index (χ4n) is 1.60. The Labute approximate surface area is 113 Å². The van der Waals surface area contributed by atoms with Crippen molar-refractivity contribution in [3.63, 3.8) is 0 Å². The summed E-state index contributed by atoms with van der Waals surface area (Å²) in [7, 11) is 2.65. The van der Waals surface area contributed by atoms with Gasteiger partial charge in [-0.3, -0.25) is 4.79 Å². The van der Waals surface area contributed by atoms with Crippen LogP contribution in [0.25, 0.3) is 6.08 Å². The minimum atomic E-state index is -1.06. The molecule has 0 radical (unpaired) electrons. The maximum Gasteiger partial charge on any atom is 0.319 e. The Morgan fingerprint density at radius 1 is 1.26 bits per heavy atom. The van der Waals surface area contributed by atoms with E-state index in [0.29, 0.717) is 0 Å². The highest BCUT2D eigenvalue weighted by atomic mass is 16.5. The van der Waals surface area contributed by atoms with E-state index in [4.69, 9.17) is 4.74 Å². The third-order valence-electron chi connectivity index (χ3n) is 2.69. The topological polar surface area (TPSA) is 55.8 Å². The number of ether oxygens (including phenoxy) is 2. The average molecular weight is 262 g/mol. The molecule has 1 rings (SSSR count). The largest absolute Gasteiger partial charge is 0.501 e. The van der Waals surface area contributed by atoms with Gasteiger partial charge in [0, 0.05) is 0 Å². The molecule has 102 valence electrons. The summed E-state index contributed by atoms with van der Waals surface area (Å²) in [5.74, 6) is -1.36. The molecule has 1 aromatic rings. The third-order valence-corrected chi connectivity index (χ3v) is 2.69. The van der Waals surface area contributed by atoms with Crippen LogP contribution in [-0.2, 0) is 14.3 Å². The van der Waals surface area contributed by atoms with E-state index in [0.717, 1.165) is 5.56 Å². The molecule has 2 atom stereocenters. The van der Waals surface area contributed by atoms with Crippen LogP contribution in [0.3, 0.4) is 0 Å². The van der Waals surface area contributed by atoms with Gasteiger partial charge in [-0.05, 0) is 5.56 Å². The smallest absolute Gasteiger partial charge is 0.319 e. The fraction of sp³-hybridized carbons (Fsp3) is 0.267. The number of benzene rings is 1. The van der Waals surface area contributed by atoms with Crippen LogP contribution in [0.4, 0.5) is 0 Å². The number of methoxy groups -OCH3 is 2. The van der Waals surface area contributed by atoms with Gasteiger partial charge in [0.2, 0.25) is 0 Å². The molecule has 1 aromatic carbocycles. The second-order valence-corrected chi connectivity index (χ2v) is 3.93. The summed E-state index contributed by atoms with van der Waals surface area (Å²) in [5.41, 5.74) is 0.924. The Morgan fingerprint density at radius 2 is 1.89 bits per heavy atom. The van der Waals surface area contributed by atoms with Gasteiger partial charge < -0.3 is 14.6 Å². The van der Waals surface area contributed by atoms with Crippen molar-refractivity contribution in [1.82, 2.24) is 0 Å². The zero-order chi connectivity index (χ0) is 14.3. The average Bonchev–Trinajstić information content (AvgIpc) is 2.45. The van der Waals surface area contributed by atoms with E-state index in [1.807, 2.05) is 30.3 Å². The number of carbonyl (C=O) groups excluding carboxylic acids is 1. The summed E-state index contributed by atoms with van der Waals surface area (Å²) in [6, 6.07) is 9.46. The van der Waals surface area contributed by atoms with E-state index in [1.165, 1.54) is 20.3 Å². The lowest BCUT2D eigenvalue weighted by molar-refractivity contribution is -0.148. The fourth-order valence-corrected chi connectivity index (χ4v) is 1.60. The molecule has 4 nitrogen and oxygen atoms in total. The van der Waals surface area contributed by atoms with Crippen LogP contribution in [0, 0.1) is 5.92 Å². The van der Waals surface area contributed by atoms with Crippen molar-refractivity contribution in [2.24, 2.45) is 5.92 Å². The molecule has 0 saturated heterocycles. The van der Waals surface area contributed by atoms with Crippen molar-refractivity contribution in [3.05, 3.63) is 54.3 Å². The van der Waals surface area contributed by atoms with Crippen molar-refractivity contribution in [3.8, 4) is 0 Å². The lowest BCUT2D eigenvalue weighted by atomic mass is 9.99. The predicted molar refractivity (Wildman–Crippen MR) is 73.1 cm³/mol. The Morgan fingerprint density at radius 3 is 2.42 bits per heavy atom. The number of carbonyl (C=O) groups is 1. The van der Waals surface area contributed by atoms with Gasteiger partial charge in [-0.1, -0.05) is 49.1 Å². The normalized spacial score (nSPS) is 13.8. The number of hydrogen-bond acceptors (Lipinski definition) is 4. The molecule has 4 heteroatoms. The van der Waals surface area contributed by atoms with Gasteiger partial charge >= 0.3 is 5.97 Å². The molecule has 1 N–H and O–H groups in total. The Kier molecular flexibility index (Phi) is 5.82. The summed E-state index contributed by atoms with van der Waals surface area (Å²) >= 11 is 0. The van der Waals surface area contributed by atoms with Gasteiger partial charge in [-0.2, -0.15) is 0 Å². The van der Waals surface area contributed by atoms with Crippen LogP contribution < -0.4 is 0 Å². The molecule has 0 heterocycles. The molecule has 0 unspecified atom stereocenters. The summed E-state index contributed by atoms with van der Waals surface area (Å²) in [6.07, 6.45) is 2.19. The van der Waals surface area contributed by atoms with Gasteiger partial charge in [-0.25, -0.2) is 0 Å². The van der Waals surface area contributed by atoms with Crippen LogP contribution in [-0.4, -0.2) is 31.4 Å². The second kappa shape index (κ2) is 7.38. The van der Waals surface area contributed by atoms with Crippen molar-refractivity contribution in [2.45, 2.75) is 6.10 Å². The summed E-state index contributed by atoms with van der Waals surface area (Å²) in [4.78, 5) is 11.6. The first-order chi connectivity index (χ1) is 9.10. The van der Waals surface area contributed by atoms with Crippen LogP contribution >= 0.6 is 0 Å². The summed E-state index contributed by atoms with van der Waals surface area (Å²) < 4.78 is 9.55. The number of aliphatic hydroxyl groups excluding tert-OH is 1. The predicted octanol–water partition coefficient (Wildman–Crippen LogP) is 2.01. The Hall–Kier alpha value is -2.07. The van der Waals surface area contributed by atoms with Gasteiger partial charge in [-0.15, -0.1) is 0 Å². The van der Waals surface area contributed by atoms with Crippen LogP contribution in [0.2, 0.25) is 0 Å². The molecule has 0 spiro atoms. The van der Waals surface area contributed by atoms with E-state index in [2.05, 4.69) is 11.3 Å². The first-order valence-electron chi connectivity index (χ1n) is 5.82. The highest BCUT2D eigenvalue weighted by Gasteiger charge is 2.29. The molecule has 0 amide bonds. The highest BCUT2D eigenvalue weighted by Crippen LogP contribution is 2.18. The first-order valence-corrected chi connectivity index (χ1v) is 5.82. The van der Waals surface area contributed by atoms with Crippen molar-refractivity contribution >= 4 is 12.0 Å². The minimum Gasteiger partial charge on any atom is -0.501 e. The quantitative estimate of drug-likeness (QED) is 0.629. The van der Waals surface area contributed by atoms with Crippen LogP contribution in [0.5, 0.6) is 0 Å². The van der Waals surface area contributed by atoms with Crippen molar-refractivity contribution < 1.29 is 19.4 Å². The zero-order valence-corrected chi connectivity index (χ0v) is 11.1. The van der Waals surface area contributed by atoms with Crippen molar-refractivity contribution in [2.75, 3.05) is 14.2 Å². The molecule has 0 aliphatic heterocycles. The van der Waals surface area contributed by atoms with E-state index in [9.17, 15) is 9.90 Å². The molecular weight excluding hydrogens is 244 g/mol. The Bertz CT molecular complexity index is 434. The lowest BCUT2D eigenvalue weighted by Crippen LogP contribution is -2.30. The van der Waals surface area contributed by atoms with E-state index >= 15 is 0 Å². The SMILES string of the molecule is C=C(OC)[C@H](C(=O)OC)[C@H](O)/C=C/c1ccccc1. The number of esters is 1. The monoisotopic (exact) mass is 262 g/mol. The van der Waals surface area contributed by atoms with E-state index in [1.54, 1.807) is 6.08 Å². The van der Waals surface area contributed by atoms with Gasteiger partial charge in [0.15, 0.2) is 0 Å². The van der Waals surface area contributed by atoms with E-state index < -0.39 is 18.0 Å². The number of aliphatic hydroxyl groups is 1. The second-order valence-electron chi connectivity index (χ2n) is 3.93. The van der Waals surface area contributed by atoms with Crippen molar-refractivity contribution in [1.29, 1.82) is 0 Å². The Balaban J connectivity index is 2.83. The zero-order valence-electron chi connectivity index (χ0n) is 11.1.